The zero-order valence-electron chi connectivity index (χ0n) is 16.0. The number of hydrogen-bond donors (Lipinski definition) is 4. The first-order chi connectivity index (χ1) is 13.7. The molecular weight excluding hydrogens is 400 g/mol. The van der Waals surface area contributed by atoms with E-state index in [-0.39, 0.29) is 11.7 Å². The summed E-state index contributed by atoms with van der Waals surface area (Å²) in [6.45, 7) is 2.81. The molecule has 0 saturated carbocycles. The molecule has 0 aliphatic carbocycles. The molecule has 2 heterocycles. The maximum atomic E-state index is 13.9. The minimum atomic E-state index is -4.64. The number of benzene rings is 2. The van der Waals surface area contributed by atoms with E-state index in [0.29, 0.717) is 18.8 Å². The van der Waals surface area contributed by atoms with E-state index in [0.717, 1.165) is 41.1 Å². The molecule has 4 rings (SSSR count). The summed E-state index contributed by atoms with van der Waals surface area (Å²) in [6.07, 6.45) is 0.919. The molecule has 0 spiro atoms. The van der Waals surface area contributed by atoms with Crippen LogP contribution in [0.1, 0.15) is 29.0 Å². The third kappa shape index (κ3) is 5.46. The third-order valence-corrected chi connectivity index (χ3v) is 5.06. The highest BCUT2D eigenvalue weighted by atomic mass is 31.2. The molecule has 1 unspecified atom stereocenters. The second-order valence-corrected chi connectivity index (χ2v) is 8.20. The Morgan fingerprint density at radius 1 is 1.24 bits per heavy atom. The first-order valence-corrected chi connectivity index (χ1v) is 10.8. The highest BCUT2D eigenvalue weighted by molar-refractivity contribution is 7.45. The van der Waals surface area contributed by atoms with Crippen LogP contribution in [-0.2, 0) is 17.7 Å². The van der Waals surface area contributed by atoms with Crippen molar-refractivity contribution in [2.24, 2.45) is 0 Å². The van der Waals surface area contributed by atoms with Crippen molar-refractivity contribution in [2.75, 3.05) is 25.0 Å². The van der Waals surface area contributed by atoms with E-state index < -0.39 is 7.82 Å². The van der Waals surface area contributed by atoms with Crippen LogP contribution in [0.3, 0.4) is 0 Å². The fraction of sp³-hybridized carbons (Fsp3) is 0.368. The van der Waals surface area contributed by atoms with Crippen LogP contribution in [-0.4, -0.2) is 39.6 Å². The van der Waals surface area contributed by atoms with Crippen LogP contribution in [0.25, 0.3) is 0 Å². The Morgan fingerprint density at radius 2 is 1.90 bits per heavy atom. The van der Waals surface area contributed by atoms with Crippen molar-refractivity contribution < 1.29 is 28.4 Å². The largest absolute Gasteiger partial charge is 0.466 e. The summed E-state index contributed by atoms with van der Waals surface area (Å²) >= 11 is 0. The molecule has 2 aromatic carbocycles. The van der Waals surface area contributed by atoms with Crippen molar-refractivity contribution in [1.29, 1.82) is 0 Å². The van der Waals surface area contributed by atoms with Gasteiger partial charge in [0.1, 0.15) is 5.82 Å². The van der Waals surface area contributed by atoms with Gasteiger partial charge in [-0.25, -0.2) is 8.96 Å². The molecule has 0 saturated heterocycles. The molecule has 0 amide bonds. The fourth-order valence-electron chi connectivity index (χ4n) is 3.94. The summed E-state index contributed by atoms with van der Waals surface area (Å²) in [4.78, 5) is 35.9. The number of anilines is 1. The molecule has 156 valence electrons. The second kappa shape index (κ2) is 8.69. The van der Waals surface area contributed by atoms with Crippen LogP contribution in [0.4, 0.5) is 15.8 Å². The summed E-state index contributed by atoms with van der Waals surface area (Å²) in [6, 6.07) is 11.5. The van der Waals surface area contributed by atoms with Crippen molar-refractivity contribution in [2.45, 2.75) is 25.4 Å². The van der Waals surface area contributed by atoms with E-state index in [1.807, 2.05) is 7.05 Å². The molecule has 10 heteroatoms. The number of nitrogens with zero attached hydrogens (tertiary/aromatic N) is 2. The summed E-state index contributed by atoms with van der Waals surface area (Å²) in [5.41, 5.74) is 4.92. The van der Waals surface area contributed by atoms with Gasteiger partial charge in [0.2, 0.25) is 6.54 Å². The summed E-state index contributed by atoms with van der Waals surface area (Å²) in [5.74, 6) is -0.113. The van der Waals surface area contributed by atoms with Gasteiger partial charge in [0.25, 0.3) is 5.69 Å². The number of halogens is 1. The van der Waals surface area contributed by atoms with E-state index >= 15 is 0 Å². The third-order valence-electron chi connectivity index (χ3n) is 5.06. The Labute approximate surface area is 167 Å². The van der Waals surface area contributed by atoms with Crippen molar-refractivity contribution in [1.82, 2.24) is 5.32 Å². The summed E-state index contributed by atoms with van der Waals surface area (Å²) in [5, 5.41) is 3.15. The number of phosphoric acid groups is 1. The fourth-order valence-corrected chi connectivity index (χ4v) is 3.94. The van der Waals surface area contributed by atoms with Crippen LogP contribution in [0.2, 0.25) is 0 Å². The first-order valence-electron chi connectivity index (χ1n) is 9.19. The molecule has 29 heavy (non-hydrogen) atoms. The normalized spacial score (nSPS) is 18.0. The van der Waals surface area contributed by atoms with E-state index in [4.69, 9.17) is 19.2 Å². The Balaban J connectivity index is 0.000000431. The van der Waals surface area contributed by atoms with E-state index in [1.54, 1.807) is 6.07 Å². The van der Waals surface area contributed by atoms with Gasteiger partial charge in [-0.1, -0.05) is 12.1 Å². The number of nitrogens with one attached hydrogen (secondary N) is 1. The monoisotopic (exact) mass is 424 g/mol. The van der Waals surface area contributed by atoms with Gasteiger partial charge < -0.3 is 24.9 Å². The standard InChI is InChI=1S/C19H21FN3O.H3O4P/c1-21-10-13-2-4-17(5-3-13)22-7-6-14-12-23(24)18-9-16(20)8-15(11-22)19(14)18;1-5(2,3)4/h2-5,8-9,14,21H,6-7,10-12H2,1H3;(H3,1,2,3,4)/q+1;. The maximum Gasteiger partial charge on any atom is 0.466 e. The van der Waals surface area contributed by atoms with Gasteiger partial charge in [-0.05, 0) is 42.8 Å². The molecule has 0 radical (unpaired) electrons. The van der Waals surface area contributed by atoms with E-state index in [2.05, 4.69) is 34.5 Å². The first kappa shape index (κ1) is 21.5. The van der Waals surface area contributed by atoms with Gasteiger partial charge >= 0.3 is 7.82 Å². The SMILES string of the molecule is CNCc1ccc(N2CCC3C[N+](=O)c4cc(F)cc(c43)C2)cc1.O=P(O)(O)O. The highest BCUT2D eigenvalue weighted by Gasteiger charge is 2.41. The van der Waals surface area contributed by atoms with Gasteiger partial charge in [0.15, 0.2) is 0 Å². The summed E-state index contributed by atoms with van der Waals surface area (Å²) in [7, 11) is -2.70. The lowest BCUT2D eigenvalue weighted by atomic mass is 9.94. The molecule has 8 nitrogen and oxygen atoms in total. The lowest BCUT2D eigenvalue weighted by Crippen LogP contribution is -2.23. The Morgan fingerprint density at radius 3 is 2.52 bits per heavy atom. The van der Waals surface area contributed by atoms with Gasteiger partial charge in [-0.2, -0.15) is 0 Å². The van der Waals surface area contributed by atoms with Crippen molar-refractivity contribution in [3.63, 3.8) is 0 Å². The van der Waals surface area contributed by atoms with Crippen molar-refractivity contribution >= 4 is 19.2 Å². The molecule has 2 aromatic rings. The number of nitroso groups, excluding NO2 is 1. The lowest BCUT2D eigenvalue weighted by Gasteiger charge is -2.23. The number of rotatable bonds is 3. The Bertz CT molecular complexity index is 939. The average molecular weight is 424 g/mol. The minimum absolute atomic E-state index is 0.210. The molecule has 1 atom stereocenters. The van der Waals surface area contributed by atoms with Gasteiger partial charge in [0, 0.05) is 40.6 Å². The number of hydrogen-bond acceptors (Lipinski definition) is 4. The van der Waals surface area contributed by atoms with Crippen LogP contribution in [0.15, 0.2) is 36.4 Å². The van der Waals surface area contributed by atoms with Crippen molar-refractivity contribution in [3.8, 4) is 0 Å². The zero-order valence-corrected chi connectivity index (χ0v) is 16.8. The molecule has 4 N–H and O–H groups in total. The van der Waals surface area contributed by atoms with Crippen molar-refractivity contribution in [3.05, 3.63) is 63.8 Å². The molecule has 0 fully saturated rings. The molecule has 2 aliphatic heterocycles. The quantitative estimate of drug-likeness (QED) is 0.442. The van der Waals surface area contributed by atoms with Gasteiger partial charge in [0.05, 0.1) is 12.0 Å². The summed E-state index contributed by atoms with van der Waals surface area (Å²) < 4.78 is 23.8. The van der Waals surface area contributed by atoms with Gasteiger partial charge in [-0.15, -0.1) is 0 Å². The Kier molecular flexibility index (Phi) is 6.45. The van der Waals surface area contributed by atoms with Gasteiger partial charge in [-0.3, -0.25) is 0 Å². The van der Waals surface area contributed by atoms with Crippen LogP contribution >= 0.6 is 7.82 Å². The topological polar surface area (TPSA) is 113 Å². The van der Waals surface area contributed by atoms with E-state index in [1.165, 1.54) is 11.6 Å². The predicted octanol–water partition coefficient (Wildman–Crippen LogP) is 2.53. The highest BCUT2D eigenvalue weighted by Crippen LogP contribution is 2.42. The average Bonchev–Trinajstić information content (AvgIpc) is 2.82. The smallest absolute Gasteiger partial charge is 0.367 e. The minimum Gasteiger partial charge on any atom is -0.367 e. The molecule has 0 bridgehead atoms. The maximum absolute atomic E-state index is 13.9. The Hall–Kier alpha value is -2.16. The molecular formula is C19H24FN3O5P+. The van der Waals surface area contributed by atoms with E-state index in [9.17, 15) is 9.30 Å². The van der Waals surface area contributed by atoms with Crippen LogP contribution in [0.5, 0.6) is 0 Å². The predicted molar refractivity (Wildman–Crippen MR) is 106 cm³/mol. The molecule has 0 aromatic heterocycles. The second-order valence-electron chi connectivity index (χ2n) is 7.18. The molecule has 2 aliphatic rings. The lowest BCUT2D eigenvalue weighted by molar-refractivity contribution is -0.455. The van der Waals surface area contributed by atoms with Crippen LogP contribution < -0.4 is 10.2 Å². The van der Waals surface area contributed by atoms with Crippen LogP contribution in [0, 0.1) is 10.7 Å². The zero-order chi connectivity index (χ0) is 21.2.